The third-order valence-electron chi connectivity index (χ3n) is 4.29. The van der Waals surface area contributed by atoms with E-state index in [0.29, 0.717) is 17.8 Å². The molecular weight excluding hydrogens is 293 g/mol. The summed E-state index contributed by atoms with van der Waals surface area (Å²) in [6.45, 7) is 8.73. The Bertz CT molecular complexity index is 745. The second-order valence-corrected chi connectivity index (χ2v) is 7.08. The van der Waals surface area contributed by atoms with Gasteiger partial charge in [-0.2, -0.15) is 5.10 Å². The van der Waals surface area contributed by atoms with Crippen LogP contribution in [0.3, 0.4) is 0 Å². The number of hydrogen-bond donors (Lipinski definition) is 0. The fourth-order valence-corrected chi connectivity index (χ4v) is 3.10. The molecule has 0 bridgehead atoms. The van der Waals surface area contributed by atoms with E-state index in [2.05, 4.69) is 5.10 Å². The van der Waals surface area contributed by atoms with Crippen LogP contribution in [0.5, 0.6) is 0 Å². The van der Waals surface area contributed by atoms with E-state index in [1.807, 2.05) is 38.4 Å². The second kappa shape index (κ2) is 5.48. The van der Waals surface area contributed by atoms with Gasteiger partial charge in [-0.3, -0.25) is 9.48 Å². The lowest BCUT2D eigenvalue weighted by molar-refractivity contribution is 0.0445. The number of carbonyl (C=O) groups is 1. The number of halogens is 1. The average molecular weight is 315 g/mol. The molecule has 0 unspecified atom stereocenters. The minimum absolute atomic E-state index is 0.129. The van der Waals surface area contributed by atoms with Crippen LogP contribution in [0.15, 0.2) is 30.3 Å². The van der Waals surface area contributed by atoms with E-state index in [-0.39, 0.29) is 23.3 Å². The smallest absolute Gasteiger partial charge is 0.274 e. The molecule has 0 spiro atoms. The summed E-state index contributed by atoms with van der Waals surface area (Å²) in [6.07, 6.45) is 0.783. The van der Waals surface area contributed by atoms with E-state index in [1.54, 1.807) is 23.1 Å². The van der Waals surface area contributed by atoms with Crippen molar-refractivity contribution in [2.45, 2.75) is 45.7 Å². The van der Waals surface area contributed by atoms with Crippen molar-refractivity contribution < 1.29 is 9.18 Å². The molecule has 0 N–H and O–H groups in total. The van der Waals surface area contributed by atoms with Gasteiger partial charge in [-0.25, -0.2) is 4.39 Å². The molecule has 1 atom stereocenters. The highest BCUT2D eigenvalue weighted by atomic mass is 19.1. The predicted octanol–water partition coefficient (Wildman–Crippen LogP) is 3.67. The second-order valence-electron chi connectivity index (χ2n) is 7.08. The van der Waals surface area contributed by atoms with Crippen LogP contribution >= 0.6 is 0 Å². The Kier molecular flexibility index (Phi) is 3.74. The van der Waals surface area contributed by atoms with Crippen LogP contribution in [0.1, 0.15) is 55.0 Å². The third-order valence-corrected chi connectivity index (χ3v) is 4.29. The van der Waals surface area contributed by atoms with Crippen molar-refractivity contribution >= 4 is 5.91 Å². The van der Waals surface area contributed by atoms with Crippen LogP contribution in [-0.2, 0) is 5.54 Å². The molecule has 3 rings (SSSR count). The molecule has 0 saturated carbocycles. The molecule has 1 aromatic heterocycles. The standard InChI is InChI=1S/C18H22FN3O/c1-12-11-15(20-22(12)18(2,3)4)17(23)21-10-9-16(21)13-7-5-6-8-14(13)19/h5-8,11,16H,9-10H2,1-4H3/t16-/m0/s1. The van der Waals surface area contributed by atoms with Crippen molar-refractivity contribution in [2.75, 3.05) is 6.54 Å². The van der Waals surface area contributed by atoms with E-state index >= 15 is 0 Å². The van der Waals surface area contributed by atoms with Crippen LogP contribution in [0.2, 0.25) is 0 Å². The van der Waals surface area contributed by atoms with E-state index < -0.39 is 0 Å². The summed E-state index contributed by atoms with van der Waals surface area (Å²) in [4.78, 5) is 14.4. The summed E-state index contributed by atoms with van der Waals surface area (Å²) in [6, 6.07) is 8.27. The lowest BCUT2D eigenvalue weighted by Gasteiger charge is -2.41. The number of rotatable bonds is 2. The summed E-state index contributed by atoms with van der Waals surface area (Å²) >= 11 is 0. The summed E-state index contributed by atoms with van der Waals surface area (Å²) < 4.78 is 15.8. The van der Waals surface area contributed by atoms with Crippen molar-refractivity contribution in [2.24, 2.45) is 0 Å². The summed E-state index contributed by atoms with van der Waals surface area (Å²) in [7, 11) is 0. The maximum atomic E-state index is 14.0. The molecule has 1 aromatic carbocycles. The van der Waals surface area contributed by atoms with Gasteiger partial charge < -0.3 is 4.90 Å². The Hall–Kier alpha value is -2.17. The zero-order valence-corrected chi connectivity index (χ0v) is 14.0. The third kappa shape index (κ3) is 2.76. The molecule has 2 aromatic rings. The average Bonchev–Trinajstić information content (AvgIpc) is 2.82. The minimum atomic E-state index is -0.258. The van der Waals surface area contributed by atoms with Gasteiger partial charge in [0.15, 0.2) is 5.69 Å². The number of nitrogens with zero attached hydrogens (tertiary/aromatic N) is 3. The molecule has 1 fully saturated rings. The van der Waals surface area contributed by atoms with Gasteiger partial charge >= 0.3 is 0 Å². The first kappa shape index (κ1) is 15.7. The zero-order valence-electron chi connectivity index (χ0n) is 14.0. The molecule has 0 radical (unpaired) electrons. The Morgan fingerprint density at radius 2 is 2.00 bits per heavy atom. The maximum Gasteiger partial charge on any atom is 0.274 e. The highest BCUT2D eigenvalue weighted by Gasteiger charge is 2.36. The van der Waals surface area contributed by atoms with E-state index in [1.165, 1.54) is 6.07 Å². The van der Waals surface area contributed by atoms with Gasteiger partial charge in [-0.05, 0) is 46.2 Å². The minimum Gasteiger partial charge on any atom is -0.330 e. The van der Waals surface area contributed by atoms with Crippen molar-refractivity contribution in [1.29, 1.82) is 0 Å². The van der Waals surface area contributed by atoms with Crippen molar-refractivity contribution in [1.82, 2.24) is 14.7 Å². The topological polar surface area (TPSA) is 38.1 Å². The van der Waals surface area contributed by atoms with Gasteiger partial charge in [0.05, 0.1) is 11.6 Å². The van der Waals surface area contributed by atoms with Gasteiger partial charge in [0, 0.05) is 17.8 Å². The first-order valence-corrected chi connectivity index (χ1v) is 7.91. The molecule has 1 amide bonds. The largest absolute Gasteiger partial charge is 0.330 e. The number of amides is 1. The number of carbonyl (C=O) groups excluding carboxylic acids is 1. The predicted molar refractivity (Wildman–Crippen MR) is 86.8 cm³/mol. The van der Waals surface area contributed by atoms with Gasteiger partial charge in [0.25, 0.3) is 5.91 Å². The fourth-order valence-electron chi connectivity index (χ4n) is 3.10. The summed E-state index contributed by atoms with van der Waals surface area (Å²) in [5.74, 6) is -0.387. The molecule has 2 heterocycles. The number of benzene rings is 1. The summed E-state index contributed by atoms with van der Waals surface area (Å²) in [5, 5.41) is 4.47. The molecule has 5 heteroatoms. The molecular formula is C18H22FN3O. The SMILES string of the molecule is Cc1cc(C(=O)N2CC[C@H]2c2ccccc2F)nn1C(C)(C)C. The van der Waals surface area contributed by atoms with Crippen LogP contribution in [0.4, 0.5) is 4.39 Å². The van der Waals surface area contributed by atoms with Crippen LogP contribution in [0, 0.1) is 12.7 Å². The van der Waals surface area contributed by atoms with Crippen LogP contribution < -0.4 is 0 Å². The quantitative estimate of drug-likeness (QED) is 0.848. The lowest BCUT2D eigenvalue weighted by atomic mass is 9.94. The highest BCUT2D eigenvalue weighted by molar-refractivity contribution is 5.93. The number of aromatic nitrogens is 2. The molecule has 122 valence electrons. The molecule has 1 aliphatic rings. The number of likely N-dealkylation sites (tertiary alicyclic amines) is 1. The van der Waals surface area contributed by atoms with Gasteiger partial charge in [0.1, 0.15) is 5.82 Å². The molecule has 1 saturated heterocycles. The Morgan fingerprint density at radius 3 is 2.52 bits per heavy atom. The van der Waals surface area contributed by atoms with Gasteiger partial charge in [-0.1, -0.05) is 18.2 Å². The number of aryl methyl sites for hydroxylation is 1. The van der Waals surface area contributed by atoms with E-state index in [4.69, 9.17) is 0 Å². The fraction of sp³-hybridized carbons (Fsp3) is 0.444. The lowest BCUT2D eigenvalue weighted by Crippen LogP contribution is -2.45. The zero-order chi connectivity index (χ0) is 16.8. The van der Waals surface area contributed by atoms with Crippen LogP contribution in [-0.4, -0.2) is 27.1 Å². The highest BCUT2D eigenvalue weighted by Crippen LogP contribution is 2.35. The Morgan fingerprint density at radius 1 is 1.30 bits per heavy atom. The van der Waals surface area contributed by atoms with Gasteiger partial charge in [-0.15, -0.1) is 0 Å². The Balaban J connectivity index is 1.86. The van der Waals surface area contributed by atoms with Crippen molar-refractivity contribution in [3.8, 4) is 0 Å². The molecule has 23 heavy (non-hydrogen) atoms. The number of hydrogen-bond acceptors (Lipinski definition) is 2. The monoisotopic (exact) mass is 315 g/mol. The molecule has 4 nitrogen and oxygen atoms in total. The summed E-state index contributed by atoms with van der Waals surface area (Å²) in [5.41, 5.74) is 1.78. The van der Waals surface area contributed by atoms with Crippen LogP contribution in [0.25, 0.3) is 0 Å². The van der Waals surface area contributed by atoms with E-state index in [9.17, 15) is 9.18 Å². The van der Waals surface area contributed by atoms with Gasteiger partial charge in [0.2, 0.25) is 0 Å². The normalized spacial score (nSPS) is 18.0. The maximum absolute atomic E-state index is 14.0. The first-order chi connectivity index (χ1) is 10.8. The van der Waals surface area contributed by atoms with E-state index in [0.717, 1.165) is 12.1 Å². The van der Waals surface area contributed by atoms with Crippen molar-refractivity contribution in [3.05, 3.63) is 53.1 Å². The molecule has 0 aliphatic carbocycles. The Labute approximate surface area is 135 Å². The first-order valence-electron chi connectivity index (χ1n) is 7.91. The van der Waals surface area contributed by atoms with Crippen molar-refractivity contribution in [3.63, 3.8) is 0 Å². The molecule has 1 aliphatic heterocycles.